The fourth-order valence-corrected chi connectivity index (χ4v) is 6.13. The van der Waals surface area contributed by atoms with Crippen LogP contribution in [-0.4, -0.2) is 78.3 Å². The van der Waals surface area contributed by atoms with Crippen LogP contribution in [0.15, 0.2) is 78.9 Å². The van der Waals surface area contributed by atoms with Crippen LogP contribution < -0.4 is 15.6 Å². The molecule has 3 aromatic rings. The molecule has 2 fully saturated rings. The van der Waals surface area contributed by atoms with Crippen molar-refractivity contribution >= 4 is 23.6 Å². The van der Waals surface area contributed by atoms with Gasteiger partial charge in [-0.3, -0.25) is 14.5 Å². The Hall–Kier alpha value is -4.41. The topological polar surface area (TPSA) is 114 Å². The first-order chi connectivity index (χ1) is 24.0. The van der Waals surface area contributed by atoms with Gasteiger partial charge < -0.3 is 20.5 Å². The van der Waals surface area contributed by atoms with E-state index in [1.807, 2.05) is 66.7 Å². The van der Waals surface area contributed by atoms with Gasteiger partial charge in [0.25, 0.3) is 0 Å². The molecule has 1 saturated heterocycles. The molecule has 3 N–H and O–H groups in total. The molecule has 0 spiro atoms. The van der Waals surface area contributed by atoms with Crippen molar-refractivity contribution < 1.29 is 24.2 Å². The number of amides is 3. The van der Waals surface area contributed by atoms with Crippen LogP contribution in [0.5, 0.6) is 5.75 Å². The number of anilines is 1. The highest BCUT2D eigenvalue weighted by Gasteiger charge is 2.28. The van der Waals surface area contributed by atoms with E-state index in [2.05, 4.69) is 20.5 Å². The number of carbonyl (C=O) groups is 3. The third-order valence-corrected chi connectivity index (χ3v) is 8.97. The van der Waals surface area contributed by atoms with Gasteiger partial charge in [0.05, 0.1) is 12.1 Å². The zero-order valence-electron chi connectivity index (χ0n) is 28.5. The van der Waals surface area contributed by atoms with E-state index < -0.39 is 6.09 Å². The third kappa shape index (κ3) is 11.9. The van der Waals surface area contributed by atoms with Crippen molar-refractivity contribution in [3.63, 3.8) is 0 Å². The smallest absolute Gasteiger partial charge is 0.429 e. The van der Waals surface area contributed by atoms with Crippen LogP contribution in [0, 0.1) is 0 Å². The molecule has 1 saturated carbocycles. The second-order valence-electron chi connectivity index (χ2n) is 13.0. The molecule has 2 aliphatic rings. The van der Waals surface area contributed by atoms with Crippen molar-refractivity contribution in [1.82, 2.24) is 20.5 Å². The number of rotatable bonds is 18. The summed E-state index contributed by atoms with van der Waals surface area (Å²) in [7, 11) is 0. The number of benzene rings is 3. The van der Waals surface area contributed by atoms with E-state index in [9.17, 15) is 19.5 Å². The normalized spacial score (nSPS) is 14.7. The lowest BCUT2D eigenvalue weighted by atomic mass is 10.0. The van der Waals surface area contributed by atoms with E-state index in [4.69, 9.17) is 4.74 Å². The lowest BCUT2D eigenvalue weighted by Gasteiger charge is -2.37. The fourth-order valence-electron chi connectivity index (χ4n) is 6.13. The van der Waals surface area contributed by atoms with Gasteiger partial charge in [-0.15, -0.1) is 0 Å². The SMILES string of the molecule is O=C(CCOC(=O)N(c1ccccc1-c1ccccc1)N1CCCCC1)NCCCCCN(CCC(=O)NC1CC1)Cc1ccc(O)cc1. The summed E-state index contributed by atoms with van der Waals surface area (Å²) in [5.74, 6) is 0.198. The molecule has 0 aromatic heterocycles. The van der Waals surface area contributed by atoms with E-state index in [1.165, 1.54) is 0 Å². The molecule has 0 bridgehead atoms. The second-order valence-corrected chi connectivity index (χ2v) is 13.0. The summed E-state index contributed by atoms with van der Waals surface area (Å²) in [5, 5.41) is 19.4. The molecular weight excluding hydrogens is 618 g/mol. The Labute approximate surface area is 290 Å². The third-order valence-electron chi connectivity index (χ3n) is 8.97. The first kappa shape index (κ1) is 35.9. The molecule has 10 heteroatoms. The predicted molar refractivity (Wildman–Crippen MR) is 192 cm³/mol. The number of carbonyl (C=O) groups excluding carboxylic acids is 3. The number of piperidine rings is 1. The molecule has 1 aliphatic carbocycles. The van der Waals surface area contributed by atoms with Gasteiger partial charge >= 0.3 is 6.09 Å². The molecule has 3 aromatic carbocycles. The standard InChI is InChI=1S/C39H51N5O5/c45-34-20-16-31(17-21-34)30-42(28-22-38(47)41-33-18-19-33)25-9-2-8-24-40-37(46)23-29-49-39(48)44(43-26-10-3-11-27-43)36-15-7-6-14-35(36)32-12-4-1-5-13-32/h1,4-7,12-17,20-21,33,45H,2-3,8-11,18-19,22-30H2,(H,40,46)(H,41,47). The Bertz CT molecular complexity index is 1470. The maximum Gasteiger partial charge on any atom is 0.429 e. The van der Waals surface area contributed by atoms with Gasteiger partial charge in [0.15, 0.2) is 0 Å². The quantitative estimate of drug-likeness (QED) is 0.137. The number of ether oxygens (including phenoxy) is 1. The number of phenols is 1. The van der Waals surface area contributed by atoms with Crippen LogP contribution in [-0.2, 0) is 20.9 Å². The molecule has 49 heavy (non-hydrogen) atoms. The highest BCUT2D eigenvalue weighted by Crippen LogP contribution is 2.33. The summed E-state index contributed by atoms with van der Waals surface area (Å²) in [6.07, 6.45) is 8.10. The number of phenolic OH excluding ortho intramolecular Hbond substituents is 1. The average molecular weight is 670 g/mol. The maximum atomic E-state index is 13.6. The van der Waals surface area contributed by atoms with Crippen molar-refractivity contribution in [1.29, 1.82) is 0 Å². The Balaban J connectivity index is 1.04. The van der Waals surface area contributed by atoms with Gasteiger partial charge in [-0.1, -0.05) is 73.5 Å². The van der Waals surface area contributed by atoms with Gasteiger partial charge in [-0.05, 0) is 74.4 Å². The van der Waals surface area contributed by atoms with Crippen LogP contribution in [0.1, 0.15) is 69.8 Å². The molecule has 3 amide bonds. The van der Waals surface area contributed by atoms with Gasteiger partial charge in [0, 0.05) is 50.7 Å². The Morgan fingerprint density at radius 2 is 1.53 bits per heavy atom. The Morgan fingerprint density at radius 3 is 2.29 bits per heavy atom. The monoisotopic (exact) mass is 669 g/mol. The first-order valence-corrected chi connectivity index (χ1v) is 17.9. The van der Waals surface area contributed by atoms with E-state index in [0.29, 0.717) is 32.1 Å². The number of nitrogens with one attached hydrogen (secondary N) is 2. The Morgan fingerprint density at radius 1 is 0.796 bits per heavy atom. The molecule has 262 valence electrons. The van der Waals surface area contributed by atoms with E-state index in [1.54, 1.807) is 17.1 Å². The van der Waals surface area contributed by atoms with Crippen LogP contribution in [0.4, 0.5) is 10.5 Å². The number of para-hydroxylation sites is 1. The molecule has 0 unspecified atom stereocenters. The van der Waals surface area contributed by atoms with E-state index >= 15 is 0 Å². The average Bonchev–Trinajstić information content (AvgIpc) is 3.94. The maximum absolute atomic E-state index is 13.6. The molecule has 1 heterocycles. The number of aromatic hydroxyl groups is 1. The van der Waals surface area contributed by atoms with Crippen LogP contribution in [0.2, 0.25) is 0 Å². The largest absolute Gasteiger partial charge is 0.508 e. The molecule has 5 rings (SSSR count). The fraction of sp³-hybridized carbons (Fsp3) is 0.462. The summed E-state index contributed by atoms with van der Waals surface area (Å²) in [6, 6.07) is 25.4. The first-order valence-electron chi connectivity index (χ1n) is 17.9. The van der Waals surface area contributed by atoms with Crippen LogP contribution in [0.25, 0.3) is 11.1 Å². The van der Waals surface area contributed by atoms with Crippen molar-refractivity contribution in [2.24, 2.45) is 0 Å². The van der Waals surface area contributed by atoms with Gasteiger partial charge in [-0.25, -0.2) is 14.8 Å². The number of nitrogens with zero attached hydrogens (tertiary/aromatic N) is 3. The van der Waals surface area contributed by atoms with Crippen molar-refractivity contribution in [2.75, 3.05) is 44.3 Å². The molecule has 1 aliphatic heterocycles. The number of hydrogen-bond donors (Lipinski definition) is 3. The zero-order valence-corrected chi connectivity index (χ0v) is 28.5. The van der Waals surface area contributed by atoms with E-state index in [0.717, 1.165) is 93.4 Å². The molecular formula is C39H51N5O5. The summed E-state index contributed by atoms with van der Waals surface area (Å²) in [6.45, 7) is 4.30. The minimum atomic E-state index is -0.472. The molecule has 0 radical (unpaired) electrons. The second kappa shape index (κ2) is 19.0. The summed E-state index contributed by atoms with van der Waals surface area (Å²) in [4.78, 5) is 40.7. The summed E-state index contributed by atoms with van der Waals surface area (Å²) >= 11 is 0. The van der Waals surface area contributed by atoms with Crippen molar-refractivity contribution in [3.8, 4) is 16.9 Å². The Kier molecular flexibility index (Phi) is 13.9. The van der Waals surface area contributed by atoms with Gasteiger partial charge in [-0.2, -0.15) is 0 Å². The number of hydrogen-bond acceptors (Lipinski definition) is 7. The van der Waals surface area contributed by atoms with Crippen molar-refractivity contribution in [2.45, 2.75) is 76.8 Å². The highest BCUT2D eigenvalue weighted by atomic mass is 16.6. The molecule has 0 atom stereocenters. The van der Waals surface area contributed by atoms with Gasteiger partial charge in [0.2, 0.25) is 11.8 Å². The van der Waals surface area contributed by atoms with Gasteiger partial charge in [0.1, 0.15) is 12.4 Å². The van der Waals surface area contributed by atoms with E-state index in [-0.39, 0.29) is 30.6 Å². The summed E-state index contributed by atoms with van der Waals surface area (Å²) < 4.78 is 5.70. The highest BCUT2D eigenvalue weighted by molar-refractivity contribution is 5.93. The lowest BCUT2D eigenvalue weighted by molar-refractivity contribution is -0.122. The minimum absolute atomic E-state index is 0.00303. The van der Waals surface area contributed by atoms with Crippen LogP contribution >= 0.6 is 0 Å². The lowest BCUT2D eigenvalue weighted by Crippen LogP contribution is -2.49. The zero-order chi connectivity index (χ0) is 34.3. The van der Waals surface area contributed by atoms with Crippen LogP contribution in [0.3, 0.4) is 0 Å². The summed E-state index contributed by atoms with van der Waals surface area (Å²) in [5.41, 5.74) is 3.83. The number of hydrazine groups is 1. The van der Waals surface area contributed by atoms with Crippen molar-refractivity contribution in [3.05, 3.63) is 84.4 Å². The molecule has 10 nitrogen and oxygen atoms in total. The minimum Gasteiger partial charge on any atom is -0.508 e. The predicted octanol–water partition coefficient (Wildman–Crippen LogP) is 6.25. The number of unbranched alkanes of at least 4 members (excludes halogenated alkanes) is 2.